The van der Waals surface area contributed by atoms with Crippen molar-refractivity contribution < 1.29 is 27.5 Å². The molecule has 0 atom stereocenters. The Morgan fingerprint density at radius 1 is 0.905 bits per heavy atom. The first-order valence-corrected chi connectivity index (χ1v) is 13.5. The summed E-state index contributed by atoms with van der Waals surface area (Å²) in [4.78, 5) is 27.8. The van der Waals surface area contributed by atoms with Gasteiger partial charge in [0.2, 0.25) is 0 Å². The summed E-state index contributed by atoms with van der Waals surface area (Å²) in [6, 6.07) is 18.2. The van der Waals surface area contributed by atoms with Gasteiger partial charge in [-0.05, 0) is 48.5 Å². The van der Waals surface area contributed by atoms with Crippen LogP contribution in [0.25, 0.3) is 16.9 Å². The number of nitrogens with one attached hydrogen (secondary N) is 1. The van der Waals surface area contributed by atoms with Gasteiger partial charge >= 0.3 is 6.18 Å². The lowest BCUT2D eigenvalue weighted by molar-refractivity contribution is -0.137. The molecule has 1 fully saturated rings. The first-order chi connectivity index (χ1) is 20.1. The summed E-state index contributed by atoms with van der Waals surface area (Å²) in [7, 11) is 1.44. The van der Waals surface area contributed by atoms with Gasteiger partial charge in [-0.25, -0.2) is 9.69 Å². The largest absolute Gasteiger partial charge is 0.492 e. The molecule has 1 aromatic heterocycles. The Kier molecular flexibility index (Phi) is 8.44. The summed E-state index contributed by atoms with van der Waals surface area (Å²) in [6.45, 7) is 1.08. The van der Waals surface area contributed by atoms with Crippen molar-refractivity contribution >= 4 is 35.0 Å². The maximum Gasteiger partial charge on any atom is 0.416 e. The van der Waals surface area contributed by atoms with Gasteiger partial charge < -0.3 is 9.64 Å². The van der Waals surface area contributed by atoms with E-state index in [-0.39, 0.29) is 49.1 Å². The van der Waals surface area contributed by atoms with E-state index in [2.05, 4.69) is 10.5 Å². The lowest BCUT2D eigenvalue weighted by Gasteiger charge is -2.34. The number of amides is 2. The molecule has 0 aliphatic carbocycles. The first kappa shape index (κ1) is 29.4. The third-order valence-corrected chi connectivity index (χ3v) is 7.32. The summed E-state index contributed by atoms with van der Waals surface area (Å²) in [5.41, 5.74) is 3.91. The Hall–Kier alpha value is -4.06. The molecule has 0 saturated carbocycles. The molecule has 0 radical (unpaired) electrons. The maximum atomic E-state index is 13.5. The highest BCUT2D eigenvalue weighted by molar-refractivity contribution is 6.32. The second-order valence-electron chi connectivity index (χ2n) is 9.40. The normalized spacial score (nSPS) is 14.1. The minimum Gasteiger partial charge on any atom is -0.492 e. The number of nitrogens with zero attached hydrogens (tertiary/aromatic N) is 4. The van der Waals surface area contributed by atoms with E-state index >= 15 is 0 Å². The number of hydrogen-bond acceptors (Lipinski definition) is 5. The number of aromatic nitrogens is 2. The van der Waals surface area contributed by atoms with Crippen molar-refractivity contribution in [2.45, 2.75) is 6.18 Å². The van der Waals surface area contributed by atoms with E-state index in [0.717, 1.165) is 12.1 Å². The number of rotatable bonds is 6. The van der Waals surface area contributed by atoms with Crippen LogP contribution in [-0.4, -0.2) is 64.8 Å². The molecule has 0 bridgehead atoms. The number of ether oxygens (including phenoxy) is 1. The molecule has 13 heteroatoms. The molecule has 0 spiro atoms. The molecule has 0 unspecified atom stereocenters. The molecule has 1 N–H and O–H groups in total. The molecule has 2 amide bonds. The van der Waals surface area contributed by atoms with E-state index in [1.165, 1.54) is 24.1 Å². The monoisotopic (exact) mass is 617 g/mol. The van der Waals surface area contributed by atoms with Gasteiger partial charge in [0.25, 0.3) is 11.8 Å². The smallest absolute Gasteiger partial charge is 0.416 e. The lowest BCUT2D eigenvalue weighted by atomic mass is 10.1. The Morgan fingerprint density at radius 3 is 2.14 bits per heavy atom. The van der Waals surface area contributed by atoms with Gasteiger partial charge in [-0.3, -0.25) is 15.0 Å². The number of hydrogen-bond donors (Lipinski definition) is 1. The first-order valence-electron chi connectivity index (χ1n) is 12.8. The summed E-state index contributed by atoms with van der Waals surface area (Å²) in [6.07, 6.45) is -4.48. The SMILES string of the molecule is COc1c(C(=O)NN2CCN(C(=O)c3ccc(C(F)(F)F)cc3)CC2)nn(-c2ccccc2Cl)c1-c1ccc(Cl)cc1. The molecular formula is C29H24Cl2F3N5O3. The predicted octanol–water partition coefficient (Wildman–Crippen LogP) is 5.98. The molecule has 3 aromatic carbocycles. The van der Waals surface area contributed by atoms with Crippen LogP contribution in [-0.2, 0) is 6.18 Å². The number of halogens is 5. The van der Waals surface area contributed by atoms with Gasteiger partial charge in [0.1, 0.15) is 5.69 Å². The summed E-state index contributed by atoms with van der Waals surface area (Å²) < 4.78 is 45.8. The molecular weight excluding hydrogens is 594 g/mol. The van der Waals surface area contributed by atoms with Gasteiger partial charge in [-0.2, -0.15) is 18.3 Å². The standard InChI is InChI=1S/C29H24Cl2F3N5O3/c1-42-26-24(35-39(23-5-3-2-4-22(23)31)25(26)18-8-12-21(30)13-9-18)27(40)36-38-16-14-37(15-17-38)28(41)19-6-10-20(11-7-19)29(32,33)34/h2-13H,14-17H2,1H3,(H,36,40). The van der Waals surface area contributed by atoms with Crippen molar-refractivity contribution in [1.82, 2.24) is 25.1 Å². The van der Waals surface area contributed by atoms with Crippen molar-refractivity contribution in [2.24, 2.45) is 0 Å². The van der Waals surface area contributed by atoms with Crippen LogP contribution < -0.4 is 10.2 Å². The Labute approximate surface area is 249 Å². The van der Waals surface area contributed by atoms with Gasteiger partial charge in [-0.15, -0.1) is 0 Å². The second-order valence-corrected chi connectivity index (χ2v) is 10.2. The molecule has 2 heterocycles. The zero-order valence-electron chi connectivity index (χ0n) is 22.2. The highest BCUT2D eigenvalue weighted by Crippen LogP contribution is 2.37. The molecule has 1 aliphatic rings. The van der Waals surface area contributed by atoms with Crippen LogP contribution in [0.1, 0.15) is 26.4 Å². The van der Waals surface area contributed by atoms with Crippen molar-refractivity contribution in [3.8, 4) is 22.7 Å². The van der Waals surface area contributed by atoms with E-state index in [0.29, 0.717) is 27.0 Å². The van der Waals surface area contributed by atoms with Crippen molar-refractivity contribution in [3.05, 3.63) is 99.7 Å². The maximum absolute atomic E-state index is 13.5. The molecule has 8 nitrogen and oxygen atoms in total. The van der Waals surface area contributed by atoms with E-state index in [9.17, 15) is 22.8 Å². The fourth-order valence-corrected chi connectivity index (χ4v) is 4.95. The highest BCUT2D eigenvalue weighted by Gasteiger charge is 2.32. The van der Waals surface area contributed by atoms with Crippen LogP contribution in [0.15, 0.2) is 72.8 Å². The minimum atomic E-state index is -4.48. The number of hydrazine groups is 1. The Bertz CT molecular complexity index is 1600. The Morgan fingerprint density at radius 2 is 1.55 bits per heavy atom. The number of carbonyl (C=O) groups is 2. The van der Waals surface area contributed by atoms with Crippen LogP contribution in [0.3, 0.4) is 0 Å². The summed E-state index contributed by atoms with van der Waals surface area (Å²) in [5, 5.41) is 7.17. The third kappa shape index (κ3) is 6.08. The molecule has 4 aromatic rings. The quantitative estimate of drug-likeness (QED) is 0.288. The van der Waals surface area contributed by atoms with Crippen LogP contribution in [0, 0.1) is 0 Å². The average molecular weight is 618 g/mol. The Balaban J connectivity index is 1.34. The predicted molar refractivity (Wildman–Crippen MR) is 152 cm³/mol. The number of alkyl halides is 3. The number of benzene rings is 3. The third-order valence-electron chi connectivity index (χ3n) is 6.75. The van der Waals surface area contributed by atoms with Crippen molar-refractivity contribution in [1.29, 1.82) is 0 Å². The second kappa shape index (κ2) is 12.0. The minimum absolute atomic E-state index is 0.0191. The van der Waals surface area contributed by atoms with Gasteiger partial charge in [-0.1, -0.05) is 47.5 Å². The average Bonchev–Trinajstić information content (AvgIpc) is 3.37. The summed E-state index contributed by atoms with van der Waals surface area (Å²) >= 11 is 12.6. The fourth-order valence-electron chi connectivity index (χ4n) is 4.61. The highest BCUT2D eigenvalue weighted by atomic mass is 35.5. The van der Waals surface area contributed by atoms with E-state index in [4.69, 9.17) is 27.9 Å². The van der Waals surface area contributed by atoms with E-state index in [1.54, 1.807) is 58.2 Å². The number of para-hydroxylation sites is 1. The molecule has 5 rings (SSSR count). The fraction of sp³-hybridized carbons (Fsp3) is 0.207. The van der Waals surface area contributed by atoms with E-state index in [1.807, 2.05) is 0 Å². The summed E-state index contributed by atoms with van der Waals surface area (Å²) in [5.74, 6) is -0.691. The number of methoxy groups -OCH3 is 1. The van der Waals surface area contributed by atoms with Crippen molar-refractivity contribution in [2.75, 3.05) is 33.3 Å². The number of carbonyl (C=O) groups excluding carboxylic acids is 2. The van der Waals surface area contributed by atoms with Crippen LogP contribution in [0.4, 0.5) is 13.2 Å². The molecule has 42 heavy (non-hydrogen) atoms. The van der Waals surface area contributed by atoms with Crippen LogP contribution in [0.2, 0.25) is 10.0 Å². The van der Waals surface area contributed by atoms with Crippen molar-refractivity contribution in [3.63, 3.8) is 0 Å². The van der Waals surface area contributed by atoms with E-state index < -0.39 is 17.6 Å². The number of piperazine rings is 1. The molecule has 1 saturated heterocycles. The molecule has 218 valence electrons. The van der Waals surface area contributed by atoms with Gasteiger partial charge in [0, 0.05) is 42.3 Å². The lowest BCUT2D eigenvalue weighted by Crippen LogP contribution is -2.54. The molecule has 1 aliphatic heterocycles. The van der Waals surface area contributed by atoms with Gasteiger partial charge in [0.05, 0.1) is 23.4 Å². The van der Waals surface area contributed by atoms with Crippen LogP contribution >= 0.6 is 23.2 Å². The zero-order chi connectivity index (χ0) is 30.0. The topological polar surface area (TPSA) is 79.7 Å². The van der Waals surface area contributed by atoms with Crippen LogP contribution in [0.5, 0.6) is 5.75 Å². The zero-order valence-corrected chi connectivity index (χ0v) is 23.7. The van der Waals surface area contributed by atoms with Gasteiger partial charge in [0.15, 0.2) is 11.4 Å².